The van der Waals surface area contributed by atoms with Crippen LogP contribution in [0.5, 0.6) is 28.7 Å². The van der Waals surface area contributed by atoms with Crippen molar-refractivity contribution >= 4 is 11.6 Å². The summed E-state index contributed by atoms with van der Waals surface area (Å²) in [4.78, 5) is 17.5. The van der Waals surface area contributed by atoms with Crippen LogP contribution in [-0.2, 0) is 0 Å². The maximum atomic E-state index is 13.0. The number of phenols is 1. The first-order valence-electron chi connectivity index (χ1n) is 10.5. The first-order valence-corrected chi connectivity index (χ1v) is 10.5. The average Bonchev–Trinajstić information content (AvgIpc) is 3.35. The molecule has 180 valence electrons. The number of carbonyl (C=O) groups excluding carboxylic acids is 1. The number of amides is 1. The van der Waals surface area contributed by atoms with Crippen molar-refractivity contribution in [3.63, 3.8) is 0 Å². The Morgan fingerprint density at radius 3 is 2.03 bits per heavy atom. The number of ether oxygens (including phenoxy) is 4. The van der Waals surface area contributed by atoms with Crippen molar-refractivity contribution in [2.45, 2.75) is 0 Å². The highest BCUT2D eigenvalue weighted by Crippen LogP contribution is 2.41. The van der Waals surface area contributed by atoms with Gasteiger partial charge in [0.25, 0.3) is 5.91 Å². The Labute approximate surface area is 201 Å². The van der Waals surface area contributed by atoms with Crippen LogP contribution in [0, 0.1) is 0 Å². The molecule has 2 N–H and O–H groups in total. The Hall–Kier alpha value is -4.73. The quantitative estimate of drug-likeness (QED) is 0.368. The van der Waals surface area contributed by atoms with Gasteiger partial charge in [0, 0.05) is 11.3 Å². The molecule has 3 aromatic carbocycles. The van der Waals surface area contributed by atoms with E-state index in [2.05, 4.69) is 15.4 Å². The van der Waals surface area contributed by atoms with Crippen molar-refractivity contribution < 1.29 is 28.8 Å². The summed E-state index contributed by atoms with van der Waals surface area (Å²) in [6.45, 7) is 0. The normalized spacial score (nSPS) is 10.5. The second kappa shape index (κ2) is 10.0. The third-order valence-corrected chi connectivity index (χ3v) is 5.18. The minimum atomic E-state index is -0.517. The number of aromatic hydroxyl groups is 1. The molecule has 0 bridgehead atoms. The van der Waals surface area contributed by atoms with Crippen LogP contribution in [0.2, 0.25) is 0 Å². The molecule has 0 spiro atoms. The molecule has 1 amide bonds. The molecule has 1 heterocycles. The van der Waals surface area contributed by atoms with Gasteiger partial charge in [-0.15, -0.1) is 5.10 Å². The highest BCUT2D eigenvalue weighted by Gasteiger charge is 2.22. The zero-order chi connectivity index (χ0) is 24.9. The van der Waals surface area contributed by atoms with Crippen LogP contribution >= 0.6 is 0 Å². The third kappa shape index (κ3) is 4.81. The fraction of sp³-hybridized carbons (Fsp3) is 0.160. The van der Waals surface area contributed by atoms with E-state index in [1.165, 1.54) is 33.5 Å². The predicted octanol–water partition coefficient (Wildman–Crippen LogP) is 3.93. The van der Waals surface area contributed by atoms with E-state index < -0.39 is 5.91 Å². The van der Waals surface area contributed by atoms with Gasteiger partial charge in [-0.05, 0) is 60.7 Å². The van der Waals surface area contributed by atoms with Crippen molar-refractivity contribution in [3.05, 3.63) is 66.5 Å². The number of aromatic nitrogens is 3. The molecule has 4 rings (SSSR count). The molecule has 0 unspecified atom stereocenters. The van der Waals surface area contributed by atoms with E-state index in [1.54, 1.807) is 60.3 Å². The maximum Gasteiger partial charge on any atom is 0.295 e. The Balaban J connectivity index is 1.82. The number of methoxy groups -OCH3 is 4. The van der Waals surface area contributed by atoms with E-state index in [1.807, 2.05) is 0 Å². The van der Waals surface area contributed by atoms with Gasteiger partial charge in [-0.2, -0.15) is 0 Å². The molecule has 0 aliphatic rings. The van der Waals surface area contributed by atoms with Crippen molar-refractivity contribution in [2.24, 2.45) is 0 Å². The van der Waals surface area contributed by atoms with E-state index in [9.17, 15) is 9.90 Å². The summed E-state index contributed by atoms with van der Waals surface area (Å²) < 4.78 is 23.2. The molecule has 0 saturated carbocycles. The highest BCUT2D eigenvalue weighted by molar-refractivity contribution is 6.01. The van der Waals surface area contributed by atoms with E-state index >= 15 is 0 Å². The molecule has 35 heavy (non-hydrogen) atoms. The molecule has 4 aromatic rings. The van der Waals surface area contributed by atoms with E-state index in [0.29, 0.717) is 45.8 Å². The first-order chi connectivity index (χ1) is 17.0. The van der Waals surface area contributed by atoms with Crippen LogP contribution in [0.25, 0.3) is 17.1 Å². The SMILES string of the molecule is COc1ccc(-n2nc(C(=O)Nc3ccc(O)cc3)nc2-c2cc(OC)c(OC)c(OC)c2)cc1. The molecule has 10 heteroatoms. The fourth-order valence-electron chi connectivity index (χ4n) is 3.44. The van der Waals surface area contributed by atoms with E-state index in [4.69, 9.17) is 18.9 Å². The zero-order valence-corrected chi connectivity index (χ0v) is 19.6. The average molecular weight is 476 g/mol. The topological polar surface area (TPSA) is 117 Å². The Kier molecular flexibility index (Phi) is 6.72. The van der Waals surface area contributed by atoms with Crippen LogP contribution in [-0.4, -0.2) is 54.2 Å². The summed E-state index contributed by atoms with van der Waals surface area (Å²) in [5, 5.41) is 16.7. The maximum absolute atomic E-state index is 13.0. The Morgan fingerprint density at radius 1 is 0.857 bits per heavy atom. The molecule has 1 aromatic heterocycles. The number of benzene rings is 3. The summed E-state index contributed by atoms with van der Waals surface area (Å²) in [6.07, 6.45) is 0. The van der Waals surface area contributed by atoms with Gasteiger partial charge in [0.2, 0.25) is 11.6 Å². The van der Waals surface area contributed by atoms with Crippen LogP contribution < -0.4 is 24.3 Å². The second-order valence-electron chi connectivity index (χ2n) is 7.28. The number of carbonyl (C=O) groups is 1. The summed E-state index contributed by atoms with van der Waals surface area (Å²) in [5.74, 6) is 1.87. The summed E-state index contributed by atoms with van der Waals surface area (Å²) >= 11 is 0. The van der Waals surface area contributed by atoms with Gasteiger partial charge in [-0.3, -0.25) is 4.79 Å². The van der Waals surface area contributed by atoms with Crippen molar-refractivity contribution in [3.8, 4) is 45.8 Å². The predicted molar refractivity (Wildman–Crippen MR) is 129 cm³/mol. The standard InChI is InChI=1S/C25H24N4O6/c1-32-19-11-7-17(8-12-19)29-24(15-13-20(33-2)22(35-4)21(14-15)34-3)27-23(28-29)25(31)26-16-5-9-18(30)10-6-16/h5-14,30H,1-4H3,(H,26,31). The molecule has 0 atom stereocenters. The van der Waals surface area contributed by atoms with Gasteiger partial charge in [-0.25, -0.2) is 9.67 Å². The van der Waals surface area contributed by atoms with Gasteiger partial charge in [0.1, 0.15) is 11.5 Å². The molecule has 10 nitrogen and oxygen atoms in total. The molecule has 0 radical (unpaired) electrons. The summed E-state index contributed by atoms with van der Waals surface area (Å²) in [7, 11) is 6.14. The van der Waals surface area contributed by atoms with Gasteiger partial charge in [0.15, 0.2) is 17.3 Å². The van der Waals surface area contributed by atoms with E-state index in [-0.39, 0.29) is 11.6 Å². The van der Waals surface area contributed by atoms with Gasteiger partial charge in [0.05, 0.1) is 34.1 Å². The highest BCUT2D eigenvalue weighted by atomic mass is 16.5. The minimum absolute atomic E-state index is 0.0577. The number of nitrogens with one attached hydrogen (secondary N) is 1. The number of phenolic OH excluding ortho intramolecular Hbond substituents is 1. The second-order valence-corrected chi connectivity index (χ2v) is 7.28. The lowest BCUT2D eigenvalue weighted by Gasteiger charge is -2.14. The monoisotopic (exact) mass is 476 g/mol. The number of hydrogen-bond acceptors (Lipinski definition) is 8. The van der Waals surface area contributed by atoms with Gasteiger partial charge >= 0.3 is 0 Å². The van der Waals surface area contributed by atoms with Crippen molar-refractivity contribution in [1.82, 2.24) is 14.8 Å². The van der Waals surface area contributed by atoms with Crippen molar-refractivity contribution in [2.75, 3.05) is 33.8 Å². The van der Waals surface area contributed by atoms with Gasteiger partial charge < -0.3 is 29.4 Å². The number of anilines is 1. The lowest BCUT2D eigenvalue weighted by Crippen LogP contribution is -2.14. The summed E-state index contributed by atoms with van der Waals surface area (Å²) in [6, 6.07) is 16.7. The van der Waals surface area contributed by atoms with Crippen LogP contribution in [0.1, 0.15) is 10.6 Å². The number of nitrogens with zero attached hydrogens (tertiary/aromatic N) is 3. The first kappa shape index (κ1) is 23.4. The Morgan fingerprint density at radius 2 is 1.49 bits per heavy atom. The lowest BCUT2D eigenvalue weighted by atomic mass is 10.1. The van der Waals surface area contributed by atoms with E-state index in [0.717, 1.165) is 0 Å². The third-order valence-electron chi connectivity index (χ3n) is 5.18. The summed E-state index contributed by atoms with van der Waals surface area (Å²) in [5.41, 5.74) is 1.74. The largest absolute Gasteiger partial charge is 0.508 e. The van der Waals surface area contributed by atoms with Crippen LogP contribution in [0.4, 0.5) is 5.69 Å². The Bertz CT molecular complexity index is 1310. The van der Waals surface area contributed by atoms with Crippen molar-refractivity contribution in [1.29, 1.82) is 0 Å². The molecule has 0 aliphatic carbocycles. The smallest absolute Gasteiger partial charge is 0.295 e. The molecular formula is C25H24N4O6. The van der Waals surface area contributed by atoms with Gasteiger partial charge in [-0.1, -0.05) is 0 Å². The molecule has 0 saturated heterocycles. The number of hydrogen-bond donors (Lipinski definition) is 2. The lowest BCUT2D eigenvalue weighted by molar-refractivity contribution is 0.101. The van der Waals surface area contributed by atoms with Crippen LogP contribution in [0.15, 0.2) is 60.7 Å². The zero-order valence-electron chi connectivity index (χ0n) is 19.6. The van der Waals surface area contributed by atoms with Crippen LogP contribution in [0.3, 0.4) is 0 Å². The minimum Gasteiger partial charge on any atom is -0.508 e. The molecular weight excluding hydrogens is 452 g/mol. The molecule has 0 fully saturated rings. The fourth-order valence-corrected chi connectivity index (χ4v) is 3.44. The number of rotatable bonds is 8. The molecule has 0 aliphatic heterocycles.